The van der Waals surface area contributed by atoms with E-state index in [9.17, 15) is 4.79 Å². The Labute approximate surface area is 192 Å². The Morgan fingerprint density at radius 3 is 2.38 bits per heavy atom. The number of carbonyl (C=O) groups excluding carboxylic acids is 1. The molecule has 7 heteroatoms. The van der Waals surface area contributed by atoms with Crippen LogP contribution in [0, 0.1) is 13.8 Å². The summed E-state index contributed by atoms with van der Waals surface area (Å²) in [4.78, 5) is 17.4. The predicted molar refractivity (Wildman–Crippen MR) is 129 cm³/mol. The summed E-state index contributed by atoms with van der Waals surface area (Å²) in [5.41, 5.74) is 4.82. The molecule has 2 aromatic heterocycles. The highest BCUT2D eigenvalue weighted by atomic mass is 32.2. The van der Waals surface area contributed by atoms with Gasteiger partial charge in [0.1, 0.15) is 5.69 Å². The lowest BCUT2D eigenvalue weighted by Gasteiger charge is -2.16. The smallest absolute Gasteiger partial charge is 0.237 e. The third-order valence-corrected chi connectivity index (χ3v) is 6.26. The van der Waals surface area contributed by atoms with E-state index in [4.69, 9.17) is 0 Å². The molecule has 0 saturated heterocycles. The molecule has 0 radical (unpaired) electrons. The third-order valence-electron chi connectivity index (χ3n) is 5.18. The van der Waals surface area contributed by atoms with Crippen LogP contribution in [0.5, 0.6) is 0 Å². The summed E-state index contributed by atoms with van der Waals surface area (Å²) in [6.45, 7) is 6.47. The molecule has 2 heterocycles. The maximum absolute atomic E-state index is 13.0. The maximum atomic E-state index is 13.0. The molecule has 0 fully saturated rings. The molecule has 0 aliphatic heterocycles. The summed E-state index contributed by atoms with van der Waals surface area (Å²) < 4.78 is 2.02. The lowest BCUT2D eigenvalue weighted by Crippen LogP contribution is -2.24. The van der Waals surface area contributed by atoms with Crippen LogP contribution in [0.2, 0.25) is 0 Å². The largest absolute Gasteiger partial charge is 0.325 e. The molecular weight excluding hydrogens is 418 g/mol. The molecule has 0 aliphatic carbocycles. The number of carbonyl (C=O) groups is 1. The van der Waals surface area contributed by atoms with Gasteiger partial charge in [-0.05, 0) is 49.6 Å². The van der Waals surface area contributed by atoms with E-state index in [1.807, 2.05) is 79.9 Å². The lowest BCUT2D eigenvalue weighted by atomic mass is 10.1. The van der Waals surface area contributed by atoms with E-state index in [1.54, 1.807) is 6.20 Å². The van der Waals surface area contributed by atoms with Crippen molar-refractivity contribution in [3.63, 3.8) is 0 Å². The second-order valence-corrected chi connectivity index (χ2v) is 8.92. The van der Waals surface area contributed by atoms with E-state index in [0.717, 1.165) is 28.1 Å². The van der Waals surface area contributed by atoms with Crippen LogP contribution in [-0.4, -0.2) is 30.9 Å². The topological polar surface area (TPSA) is 72.7 Å². The minimum absolute atomic E-state index is 0.0685. The van der Waals surface area contributed by atoms with Crippen LogP contribution in [0.25, 0.3) is 11.5 Å². The van der Waals surface area contributed by atoms with E-state index in [0.29, 0.717) is 17.5 Å². The van der Waals surface area contributed by atoms with Crippen molar-refractivity contribution in [3.8, 4) is 11.5 Å². The summed E-state index contributed by atoms with van der Waals surface area (Å²) in [5.74, 6) is 0.611. The number of rotatable bonds is 7. The molecule has 0 spiro atoms. The number of nitrogens with one attached hydrogen (secondary N) is 1. The highest BCUT2D eigenvalue weighted by Gasteiger charge is 2.22. The van der Waals surface area contributed by atoms with Gasteiger partial charge in [0.15, 0.2) is 11.0 Å². The number of para-hydroxylation sites is 1. The molecule has 6 nitrogen and oxygen atoms in total. The fourth-order valence-electron chi connectivity index (χ4n) is 3.42. The van der Waals surface area contributed by atoms with Crippen molar-refractivity contribution >= 4 is 23.4 Å². The van der Waals surface area contributed by atoms with Gasteiger partial charge in [0.25, 0.3) is 0 Å². The van der Waals surface area contributed by atoms with E-state index < -0.39 is 0 Å². The number of thioether (sulfide) groups is 1. The summed E-state index contributed by atoms with van der Waals surface area (Å²) in [5, 5.41) is 12.2. The summed E-state index contributed by atoms with van der Waals surface area (Å²) in [7, 11) is 0. The van der Waals surface area contributed by atoms with E-state index in [-0.39, 0.29) is 11.2 Å². The Morgan fingerprint density at radius 2 is 1.69 bits per heavy atom. The third kappa shape index (κ3) is 4.89. The first-order valence-corrected chi connectivity index (χ1v) is 11.3. The van der Waals surface area contributed by atoms with Gasteiger partial charge in [0.05, 0.1) is 11.8 Å². The first-order valence-electron chi connectivity index (χ1n) is 10.4. The van der Waals surface area contributed by atoms with Gasteiger partial charge in [-0.15, -0.1) is 10.2 Å². The molecule has 1 atom stereocenters. The molecule has 2 aromatic carbocycles. The number of anilines is 1. The number of pyridine rings is 1. The van der Waals surface area contributed by atoms with Gasteiger partial charge < -0.3 is 5.32 Å². The normalized spacial score (nSPS) is 11.8. The van der Waals surface area contributed by atoms with E-state index in [1.165, 1.54) is 11.8 Å². The highest BCUT2D eigenvalue weighted by molar-refractivity contribution is 8.00. The second-order valence-electron chi connectivity index (χ2n) is 7.61. The molecule has 1 unspecified atom stereocenters. The van der Waals surface area contributed by atoms with Gasteiger partial charge >= 0.3 is 0 Å². The van der Waals surface area contributed by atoms with Gasteiger partial charge in [0.2, 0.25) is 5.91 Å². The van der Waals surface area contributed by atoms with Crippen LogP contribution in [-0.2, 0) is 11.3 Å². The Hall–Kier alpha value is -3.45. The predicted octanol–water partition coefficient (Wildman–Crippen LogP) is 5.12. The first kappa shape index (κ1) is 21.8. The Kier molecular flexibility index (Phi) is 6.66. The molecule has 4 aromatic rings. The van der Waals surface area contributed by atoms with Crippen molar-refractivity contribution in [1.29, 1.82) is 0 Å². The quantitative estimate of drug-likeness (QED) is 0.401. The van der Waals surface area contributed by atoms with Crippen molar-refractivity contribution < 1.29 is 4.79 Å². The Morgan fingerprint density at radius 1 is 0.969 bits per heavy atom. The van der Waals surface area contributed by atoms with Crippen molar-refractivity contribution in [3.05, 3.63) is 89.6 Å². The first-order chi connectivity index (χ1) is 15.5. The van der Waals surface area contributed by atoms with Gasteiger partial charge in [-0.25, -0.2) is 0 Å². The van der Waals surface area contributed by atoms with Crippen LogP contribution < -0.4 is 5.32 Å². The van der Waals surface area contributed by atoms with E-state index >= 15 is 0 Å². The number of hydrogen-bond donors (Lipinski definition) is 1. The minimum Gasteiger partial charge on any atom is -0.325 e. The molecule has 0 aliphatic rings. The van der Waals surface area contributed by atoms with Gasteiger partial charge in [-0.1, -0.05) is 66.4 Å². The van der Waals surface area contributed by atoms with Crippen LogP contribution in [0.4, 0.5) is 5.69 Å². The number of aromatic nitrogens is 4. The van der Waals surface area contributed by atoms with Gasteiger partial charge in [0, 0.05) is 11.9 Å². The minimum atomic E-state index is -0.357. The Balaban J connectivity index is 1.60. The van der Waals surface area contributed by atoms with Crippen molar-refractivity contribution in [2.45, 2.75) is 37.7 Å². The average molecular weight is 444 g/mol. The van der Waals surface area contributed by atoms with Crippen molar-refractivity contribution in [2.24, 2.45) is 0 Å². The highest BCUT2D eigenvalue weighted by Crippen LogP contribution is 2.28. The summed E-state index contributed by atoms with van der Waals surface area (Å²) in [6, 6.07) is 21.8. The SMILES string of the molecule is Cc1cccc(C)c1NC(=O)C(C)Sc1nnc(-c2ccccn2)n1Cc1ccccc1. The number of hydrogen-bond acceptors (Lipinski definition) is 5. The van der Waals surface area contributed by atoms with Crippen molar-refractivity contribution in [1.82, 2.24) is 19.7 Å². The molecule has 32 heavy (non-hydrogen) atoms. The number of amides is 1. The van der Waals surface area contributed by atoms with Crippen LogP contribution >= 0.6 is 11.8 Å². The van der Waals surface area contributed by atoms with Crippen molar-refractivity contribution in [2.75, 3.05) is 5.32 Å². The van der Waals surface area contributed by atoms with Crippen LogP contribution in [0.1, 0.15) is 23.6 Å². The fraction of sp³-hybridized carbons (Fsp3) is 0.200. The zero-order valence-corrected chi connectivity index (χ0v) is 19.1. The maximum Gasteiger partial charge on any atom is 0.237 e. The second kappa shape index (κ2) is 9.78. The van der Waals surface area contributed by atoms with E-state index in [2.05, 4.69) is 32.6 Å². The summed E-state index contributed by atoms with van der Waals surface area (Å²) >= 11 is 1.39. The van der Waals surface area contributed by atoms with Crippen LogP contribution in [0.15, 0.2) is 78.1 Å². The average Bonchev–Trinajstić information content (AvgIpc) is 3.19. The zero-order chi connectivity index (χ0) is 22.5. The molecule has 1 amide bonds. The number of aryl methyl sites for hydroxylation is 2. The zero-order valence-electron chi connectivity index (χ0n) is 18.3. The number of nitrogens with zero attached hydrogens (tertiary/aromatic N) is 4. The molecular formula is C25H25N5OS. The van der Waals surface area contributed by atoms with Gasteiger partial charge in [-0.3, -0.25) is 14.3 Å². The standard InChI is InChI=1S/C25H25N5OS/c1-17-10-9-11-18(2)22(17)27-24(31)19(3)32-25-29-28-23(21-14-7-8-15-26-21)30(25)16-20-12-5-4-6-13-20/h4-15,19H,16H2,1-3H3,(H,27,31). The molecule has 1 N–H and O–H groups in total. The Bertz CT molecular complexity index is 1190. The fourth-order valence-corrected chi connectivity index (χ4v) is 4.27. The molecule has 0 bridgehead atoms. The number of benzene rings is 2. The molecule has 162 valence electrons. The lowest BCUT2D eigenvalue weighted by molar-refractivity contribution is -0.115. The molecule has 4 rings (SSSR count). The monoisotopic (exact) mass is 443 g/mol. The molecule has 0 saturated carbocycles. The van der Waals surface area contributed by atoms with Gasteiger partial charge in [-0.2, -0.15) is 0 Å². The summed E-state index contributed by atoms with van der Waals surface area (Å²) in [6.07, 6.45) is 1.74. The van der Waals surface area contributed by atoms with Crippen LogP contribution in [0.3, 0.4) is 0 Å².